The van der Waals surface area contributed by atoms with Gasteiger partial charge in [-0.25, -0.2) is 8.78 Å². The van der Waals surface area contributed by atoms with Gasteiger partial charge in [0, 0.05) is 43.9 Å². The maximum Gasteiger partial charge on any atom is 0.123 e. The minimum absolute atomic E-state index is 0.245. The largest absolute Gasteiger partial charge is 0.309 e. The molecule has 0 bridgehead atoms. The summed E-state index contributed by atoms with van der Waals surface area (Å²) in [6.45, 7) is 9.25. The fourth-order valence-corrected chi connectivity index (χ4v) is 12.9. The van der Waals surface area contributed by atoms with Gasteiger partial charge >= 0.3 is 0 Å². The second-order valence-corrected chi connectivity index (χ2v) is 21.1. The SMILES string of the molecule is CC1(C)c2ccccc2-c2c(N(c3ccc(F)cc3-c3ccccc3)c3ccc4ccc5c(N(c6ccc(F)cc6-c6ccccc6)c6cccc7c6-c6ccccc6C7(C)C)ccc6ccc3c4c65)cccc21. The van der Waals surface area contributed by atoms with Gasteiger partial charge in [0.25, 0.3) is 0 Å². The Labute approximate surface area is 430 Å². The summed E-state index contributed by atoms with van der Waals surface area (Å²) in [5.74, 6) is -0.588. The molecule has 0 saturated heterocycles. The van der Waals surface area contributed by atoms with Crippen LogP contribution in [0.25, 0.3) is 76.8 Å². The first-order valence-corrected chi connectivity index (χ1v) is 25.6. The van der Waals surface area contributed by atoms with Crippen molar-refractivity contribution in [3.63, 3.8) is 0 Å². The molecule has 0 unspecified atom stereocenters. The summed E-state index contributed by atoms with van der Waals surface area (Å²) in [5, 5.41) is 6.63. The van der Waals surface area contributed by atoms with Crippen LogP contribution in [0, 0.1) is 11.6 Å². The van der Waals surface area contributed by atoms with Gasteiger partial charge in [-0.3, -0.25) is 0 Å². The third kappa shape index (κ3) is 6.40. The van der Waals surface area contributed by atoms with E-state index in [1.54, 1.807) is 24.3 Å². The Balaban J connectivity index is 1.07. The average molecular weight is 957 g/mol. The van der Waals surface area contributed by atoms with Crippen molar-refractivity contribution in [2.75, 3.05) is 9.80 Å². The summed E-state index contributed by atoms with van der Waals surface area (Å²) in [5.41, 5.74) is 18.6. The molecule has 12 aromatic rings. The normalized spacial score (nSPS) is 13.8. The molecule has 0 amide bonds. The zero-order valence-electron chi connectivity index (χ0n) is 41.6. The van der Waals surface area contributed by atoms with E-state index in [-0.39, 0.29) is 22.5 Å². The molecule has 0 atom stereocenters. The molecule has 2 aliphatic rings. The highest BCUT2D eigenvalue weighted by molar-refractivity contribution is 6.28. The maximum atomic E-state index is 15.8. The van der Waals surface area contributed by atoms with Gasteiger partial charge in [-0.1, -0.05) is 198 Å². The van der Waals surface area contributed by atoms with Crippen LogP contribution < -0.4 is 9.80 Å². The molecule has 74 heavy (non-hydrogen) atoms. The average Bonchev–Trinajstić information content (AvgIpc) is 3.91. The lowest BCUT2D eigenvalue weighted by Gasteiger charge is -2.33. The highest BCUT2D eigenvalue weighted by Crippen LogP contribution is 2.58. The summed E-state index contributed by atoms with van der Waals surface area (Å²) >= 11 is 0. The van der Waals surface area contributed by atoms with Gasteiger partial charge in [0.2, 0.25) is 0 Å². The van der Waals surface area contributed by atoms with Gasteiger partial charge in [-0.2, -0.15) is 0 Å². The lowest BCUT2D eigenvalue weighted by molar-refractivity contribution is 0.628. The van der Waals surface area contributed by atoms with E-state index in [1.165, 1.54) is 44.5 Å². The lowest BCUT2D eigenvalue weighted by Crippen LogP contribution is -2.16. The molecule has 0 saturated carbocycles. The first-order chi connectivity index (χ1) is 36.1. The van der Waals surface area contributed by atoms with Gasteiger partial charge in [0.1, 0.15) is 11.6 Å². The predicted molar refractivity (Wildman–Crippen MR) is 305 cm³/mol. The third-order valence-corrected chi connectivity index (χ3v) is 16.3. The Morgan fingerprint density at radius 1 is 0.297 bits per heavy atom. The van der Waals surface area contributed by atoms with Crippen molar-refractivity contribution in [1.29, 1.82) is 0 Å². The van der Waals surface area contributed by atoms with Gasteiger partial charge in [0.05, 0.1) is 34.1 Å². The van der Waals surface area contributed by atoms with E-state index < -0.39 is 0 Å². The van der Waals surface area contributed by atoms with Crippen LogP contribution in [0.5, 0.6) is 0 Å². The van der Waals surface area contributed by atoms with Crippen LogP contribution in [0.3, 0.4) is 0 Å². The molecule has 14 rings (SSSR count). The Kier molecular flexibility index (Phi) is 9.68. The lowest BCUT2D eigenvalue weighted by atomic mass is 9.82. The monoisotopic (exact) mass is 956 g/mol. The molecule has 4 heteroatoms. The maximum absolute atomic E-state index is 15.8. The van der Waals surface area contributed by atoms with Crippen LogP contribution in [0.4, 0.5) is 42.9 Å². The molecule has 0 aromatic heterocycles. The number of anilines is 6. The highest BCUT2D eigenvalue weighted by Gasteiger charge is 2.40. The van der Waals surface area contributed by atoms with E-state index in [1.807, 2.05) is 48.5 Å². The molecule has 12 aromatic carbocycles. The predicted octanol–water partition coefficient (Wildman–Crippen LogP) is 19.7. The number of hydrogen-bond donors (Lipinski definition) is 0. The minimum Gasteiger partial charge on any atom is -0.309 e. The van der Waals surface area contributed by atoms with Crippen LogP contribution in [0.1, 0.15) is 49.9 Å². The Morgan fingerprint density at radius 2 is 0.662 bits per heavy atom. The number of halogens is 2. The van der Waals surface area contributed by atoms with Gasteiger partial charge in [-0.15, -0.1) is 0 Å². The van der Waals surface area contributed by atoms with Crippen molar-refractivity contribution >= 4 is 66.4 Å². The number of benzene rings is 12. The Hall–Kier alpha value is -8.86. The van der Waals surface area contributed by atoms with Crippen molar-refractivity contribution in [1.82, 2.24) is 0 Å². The zero-order chi connectivity index (χ0) is 50.0. The molecule has 0 fully saturated rings. The standard InChI is InChI=1S/C70H50F2N2/c1-69(2)55-23-13-11-21-49(55)67-57(69)25-15-27-63(67)73(61-39-33-47(71)41-53(61)43-17-7-5-8-18-43)59-37-31-45-30-36-52-60(38-32-46-29-35-51(59)65(45)66(46)52)74(62-40-34-48(72)42-54(62)44-19-9-6-10-20-44)64-28-16-26-58-68(64)50-22-12-14-24-56(50)70(58,3)4/h5-42H,1-4H3. The summed E-state index contributed by atoms with van der Waals surface area (Å²) in [7, 11) is 0. The van der Waals surface area contributed by atoms with Crippen LogP contribution >= 0.6 is 0 Å². The summed E-state index contributed by atoms with van der Waals surface area (Å²) in [4.78, 5) is 4.77. The van der Waals surface area contributed by atoms with Crippen LogP contribution in [-0.4, -0.2) is 0 Å². The number of fused-ring (bicyclic) bond motifs is 6. The number of nitrogens with zero attached hydrogens (tertiary/aromatic N) is 2. The smallest absolute Gasteiger partial charge is 0.123 e. The molecule has 354 valence electrons. The molecular formula is C70H50F2N2. The van der Waals surface area contributed by atoms with E-state index >= 15 is 8.78 Å². The fraction of sp³-hybridized carbons (Fsp3) is 0.0857. The highest BCUT2D eigenvalue weighted by atomic mass is 19.1. The number of rotatable bonds is 8. The number of hydrogen-bond acceptors (Lipinski definition) is 2. The molecule has 0 N–H and O–H groups in total. The molecule has 0 heterocycles. The van der Waals surface area contributed by atoms with Gasteiger partial charge < -0.3 is 9.80 Å². The van der Waals surface area contributed by atoms with E-state index in [0.717, 1.165) is 88.7 Å². The Morgan fingerprint density at radius 3 is 1.09 bits per heavy atom. The fourth-order valence-electron chi connectivity index (χ4n) is 12.9. The van der Waals surface area contributed by atoms with Crippen molar-refractivity contribution in [3.05, 3.63) is 264 Å². The molecule has 2 nitrogen and oxygen atoms in total. The second-order valence-electron chi connectivity index (χ2n) is 21.1. The molecule has 0 radical (unpaired) electrons. The summed E-state index contributed by atoms with van der Waals surface area (Å²) in [6.07, 6.45) is 0. The Bertz CT molecular complexity index is 3960. The second kappa shape index (κ2) is 16.3. The first kappa shape index (κ1) is 43.9. The van der Waals surface area contributed by atoms with E-state index in [9.17, 15) is 0 Å². The molecule has 2 aliphatic carbocycles. The molecule has 0 aliphatic heterocycles. The minimum atomic E-state index is -0.294. The topological polar surface area (TPSA) is 6.48 Å². The first-order valence-electron chi connectivity index (χ1n) is 25.6. The summed E-state index contributed by atoms with van der Waals surface area (Å²) < 4.78 is 31.6. The molecule has 0 spiro atoms. The van der Waals surface area contributed by atoms with Crippen molar-refractivity contribution in [3.8, 4) is 44.5 Å². The third-order valence-electron chi connectivity index (χ3n) is 16.3. The quantitative estimate of drug-likeness (QED) is 0.140. The zero-order valence-corrected chi connectivity index (χ0v) is 41.6. The summed E-state index contributed by atoms with van der Waals surface area (Å²) in [6, 6.07) is 79.7. The van der Waals surface area contributed by atoms with E-state index in [2.05, 4.69) is 195 Å². The van der Waals surface area contributed by atoms with Crippen molar-refractivity contribution in [2.24, 2.45) is 0 Å². The van der Waals surface area contributed by atoms with Crippen LogP contribution in [0.2, 0.25) is 0 Å². The van der Waals surface area contributed by atoms with E-state index in [4.69, 9.17) is 0 Å². The van der Waals surface area contributed by atoms with Crippen molar-refractivity contribution in [2.45, 2.75) is 38.5 Å². The van der Waals surface area contributed by atoms with Gasteiger partial charge in [-0.05, 0) is 127 Å². The van der Waals surface area contributed by atoms with Crippen molar-refractivity contribution < 1.29 is 8.78 Å². The van der Waals surface area contributed by atoms with Crippen LogP contribution in [0.15, 0.2) is 231 Å². The molecular weight excluding hydrogens is 907 g/mol. The van der Waals surface area contributed by atoms with E-state index in [0.29, 0.717) is 0 Å². The van der Waals surface area contributed by atoms with Crippen LogP contribution in [-0.2, 0) is 10.8 Å². The van der Waals surface area contributed by atoms with Gasteiger partial charge in [0.15, 0.2) is 0 Å².